The van der Waals surface area contributed by atoms with Gasteiger partial charge in [0, 0.05) is 23.2 Å². The second-order valence-electron chi connectivity index (χ2n) is 5.13. The van der Waals surface area contributed by atoms with Crippen LogP contribution in [0.1, 0.15) is 30.2 Å². The molecular weight excluding hydrogens is 302 g/mol. The SMILES string of the molecule is COc1ccc(O)c(C(C)NCC(O)c2cccc(Cl)c2)c1. The van der Waals surface area contributed by atoms with E-state index in [-0.39, 0.29) is 11.8 Å². The van der Waals surface area contributed by atoms with E-state index >= 15 is 0 Å². The van der Waals surface area contributed by atoms with Crippen molar-refractivity contribution in [2.24, 2.45) is 0 Å². The van der Waals surface area contributed by atoms with E-state index in [1.165, 1.54) is 0 Å². The van der Waals surface area contributed by atoms with Crippen LogP contribution in [0.5, 0.6) is 11.5 Å². The maximum Gasteiger partial charge on any atom is 0.120 e. The van der Waals surface area contributed by atoms with Crippen LogP contribution in [-0.4, -0.2) is 23.9 Å². The molecule has 2 atom stereocenters. The highest BCUT2D eigenvalue weighted by Gasteiger charge is 2.14. The van der Waals surface area contributed by atoms with Crippen molar-refractivity contribution in [3.8, 4) is 11.5 Å². The summed E-state index contributed by atoms with van der Waals surface area (Å²) in [6.45, 7) is 2.26. The van der Waals surface area contributed by atoms with E-state index in [0.717, 1.165) is 11.1 Å². The summed E-state index contributed by atoms with van der Waals surface area (Å²) in [4.78, 5) is 0. The van der Waals surface area contributed by atoms with E-state index in [2.05, 4.69) is 5.32 Å². The molecule has 2 aromatic rings. The summed E-state index contributed by atoms with van der Waals surface area (Å²) in [6, 6.07) is 12.1. The first-order valence-corrected chi connectivity index (χ1v) is 7.43. The Hall–Kier alpha value is -1.75. The summed E-state index contributed by atoms with van der Waals surface area (Å²) in [5.74, 6) is 0.870. The van der Waals surface area contributed by atoms with E-state index < -0.39 is 6.10 Å². The van der Waals surface area contributed by atoms with Crippen LogP contribution in [0.15, 0.2) is 42.5 Å². The van der Waals surface area contributed by atoms with Crippen molar-refractivity contribution in [2.45, 2.75) is 19.1 Å². The number of aromatic hydroxyl groups is 1. The van der Waals surface area contributed by atoms with Gasteiger partial charge < -0.3 is 20.3 Å². The zero-order valence-electron chi connectivity index (χ0n) is 12.6. The van der Waals surface area contributed by atoms with Crippen LogP contribution in [0.2, 0.25) is 5.02 Å². The Morgan fingerprint density at radius 1 is 1.23 bits per heavy atom. The Balaban J connectivity index is 2.02. The van der Waals surface area contributed by atoms with Crippen LogP contribution >= 0.6 is 11.6 Å². The van der Waals surface area contributed by atoms with Crippen LogP contribution in [0.3, 0.4) is 0 Å². The molecule has 0 spiro atoms. The van der Waals surface area contributed by atoms with Gasteiger partial charge in [0.1, 0.15) is 11.5 Å². The molecule has 2 unspecified atom stereocenters. The third-order valence-corrected chi connectivity index (χ3v) is 3.79. The van der Waals surface area contributed by atoms with Gasteiger partial charge in [-0.2, -0.15) is 0 Å². The zero-order valence-corrected chi connectivity index (χ0v) is 13.3. The molecule has 118 valence electrons. The van der Waals surface area contributed by atoms with Gasteiger partial charge in [0.15, 0.2) is 0 Å². The zero-order chi connectivity index (χ0) is 16.1. The summed E-state index contributed by atoms with van der Waals surface area (Å²) in [6.07, 6.45) is -0.672. The van der Waals surface area contributed by atoms with E-state index in [0.29, 0.717) is 17.3 Å². The predicted molar refractivity (Wildman–Crippen MR) is 87.5 cm³/mol. The summed E-state index contributed by atoms with van der Waals surface area (Å²) in [5.41, 5.74) is 1.47. The highest BCUT2D eigenvalue weighted by atomic mass is 35.5. The highest BCUT2D eigenvalue weighted by molar-refractivity contribution is 6.30. The van der Waals surface area contributed by atoms with Crippen molar-refractivity contribution in [2.75, 3.05) is 13.7 Å². The average Bonchev–Trinajstić information content (AvgIpc) is 2.52. The molecule has 4 nitrogen and oxygen atoms in total. The van der Waals surface area contributed by atoms with E-state index in [1.807, 2.05) is 13.0 Å². The van der Waals surface area contributed by atoms with Crippen molar-refractivity contribution >= 4 is 11.6 Å². The van der Waals surface area contributed by atoms with Crippen LogP contribution in [0, 0.1) is 0 Å². The maximum absolute atomic E-state index is 10.2. The minimum absolute atomic E-state index is 0.135. The van der Waals surface area contributed by atoms with Crippen molar-refractivity contribution in [3.05, 3.63) is 58.6 Å². The smallest absolute Gasteiger partial charge is 0.120 e. The average molecular weight is 322 g/mol. The number of hydrogen-bond donors (Lipinski definition) is 3. The third-order valence-electron chi connectivity index (χ3n) is 3.55. The van der Waals surface area contributed by atoms with Crippen LogP contribution in [0.25, 0.3) is 0 Å². The molecule has 2 rings (SSSR count). The molecule has 0 bridgehead atoms. The normalized spacial score (nSPS) is 13.6. The molecule has 0 aliphatic carbocycles. The van der Waals surface area contributed by atoms with Crippen LogP contribution < -0.4 is 10.1 Å². The largest absolute Gasteiger partial charge is 0.508 e. The summed E-state index contributed by atoms with van der Waals surface area (Å²) < 4.78 is 5.17. The lowest BCUT2D eigenvalue weighted by Crippen LogP contribution is -2.24. The van der Waals surface area contributed by atoms with Crippen molar-refractivity contribution in [3.63, 3.8) is 0 Å². The standard InChI is InChI=1S/C17H20ClNO3/c1-11(15-9-14(22-2)6-7-16(15)20)19-10-17(21)12-4-3-5-13(18)8-12/h3-9,11,17,19-21H,10H2,1-2H3. The minimum atomic E-state index is -0.672. The lowest BCUT2D eigenvalue weighted by molar-refractivity contribution is 0.170. The van der Waals surface area contributed by atoms with E-state index in [9.17, 15) is 10.2 Å². The number of aliphatic hydroxyl groups is 1. The quantitative estimate of drug-likeness (QED) is 0.762. The molecule has 0 amide bonds. The van der Waals surface area contributed by atoms with Crippen molar-refractivity contribution in [1.82, 2.24) is 5.32 Å². The van der Waals surface area contributed by atoms with Gasteiger partial charge in [-0.25, -0.2) is 0 Å². The van der Waals surface area contributed by atoms with Gasteiger partial charge in [-0.15, -0.1) is 0 Å². The molecule has 0 saturated heterocycles. The number of halogens is 1. The third kappa shape index (κ3) is 4.13. The number of aliphatic hydroxyl groups excluding tert-OH is 1. The Morgan fingerprint density at radius 3 is 2.68 bits per heavy atom. The first kappa shape index (κ1) is 16.6. The fraction of sp³-hybridized carbons (Fsp3) is 0.294. The number of methoxy groups -OCH3 is 1. The first-order chi connectivity index (χ1) is 10.5. The topological polar surface area (TPSA) is 61.7 Å². The second kappa shape index (κ2) is 7.49. The monoisotopic (exact) mass is 321 g/mol. The number of phenolic OH excluding ortho intramolecular Hbond substituents is 1. The van der Waals surface area contributed by atoms with Gasteiger partial charge in [0.05, 0.1) is 13.2 Å². The maximum atomic E-state index is 10.2. The van der Waals surface area contributed by atoms with E-state index in [1.54, 1.807) is 43.5 Å². The van der Waals surface area contributed by atoms with Crippen molar-refractivity contribution in [1.29, 1.82) is 0 Å². The minimum Gasteiger partial charge on any atom is -0.508 e. The number of hydrogen-bond acceptors (Lipinski definition) is 4. The van der Waals surface area contributed by atoms with Gasteiger partial charge in [-0.05, 0) is 42.8 Å². The molecule has 3 N–H and O–H groups in total. The van der Waals surface area contributed by atoms with Gasteiger partial charge >= 0.3 is 0 Å². The molecule has 0 aromatic heterocycles. The lowest BCUT2D eigenvalue weighted by Gasteiger charge is -2.19. The lowest BCUT2D eigenvalue weighted by atomic mass is 10.1. The Morgan fingerprint density at radius 2 is 2.00 bits per heavy atom. The van der Waals surface area contributed by atoms with Gasteiger partial charge in [0.2, 0.25) is 0 Å². The molecule has 5 heteroatoms. The fourth-order valence-corrected chi connectivity index (χ4v) is 2.44. The van der Waals surface area contributed by atoms with Gasteiger partial charge in [-0.3, -0.25) is 0 Å². The number of nitrogens with one attached hydrogen (secondary N) is 1. The molecule has 0 radical (unpaired) electrons. The van der Waals surface area contributed by atoms with Crippen LogP contribution in [0.4, 0.5) is 0 Å². The van der Waals surface area contributed by atoms with Gasteiger partial charge in [0.25, 0.3) is 0 Å². The molecular formula is C17H20ClNO3. The molecule has 0 fully saturated rings. The molecule has 0 aliphatic rings. The van der Waals surface area contributed by atoms with E-state index in [4.69, 9.17) is 16.3 Å². The Bertz CT molecular complexity index is 633. The molecule has 2 aromatic carbocycles. The Labute approximate surface area is 135 Å². The highest BCUT2D eigenvalue weighted by Crippen LogP contribution is 2.28. The molecule has 0 saturated carbocycles. The number of benzene rings is 2. The number of ether oxygens (including phenoxy) is 1. The molecule has 0 heterocycles. The fourth-order valence-electron chi connectivity index (χ4n) is 2.24. The van der Waals surface area contributed by atoms with Gasteiger partial charge in [-0.1, -0.05) is 23.7 Å². The predicted octanol–water partition coefficient (Wildman–Crippen LogP) is 3.44. The molecule has 0 aliphatic heterocycles. The Kier molecular flexibility index (Phi) is 5.66. The number of rotatable bonds is 6. The first-order valence-electron chi connectivity index (χ1n) is 7.05. The number of phenols is 1. The van der Waals surface area contributed by atoms with Crippen molar-refractivity contribution < 1.29 is 14.9 Å². The van der Waals surface area contributed by atoms with Crippen LogP contribution in [-0.2, 0) is 0 Å². The second-order valence-corrected chi connectivity index (χ2v) is 5.56. The summed E-state index contributed by atoms with van der Waals surface area (Å²) >= 11 is 5.92. The summed E-state index contributed by atoms with van der Waals surface area (Å²) in [7, 11) is 1.58. The summed E-state index contributed by atoms with van der Waals surface area (Å²) in [5, 5.41) is 23.9. The molecule has 22 heavy (non-hydrogen) atoms.